The van der Waals surface area contributed by atoms with E-state index < -0.39 is 15.9 Å². The van der Waals surface area contributed by atoms with Crippen LogP contribution in [-0.2, 0) is 10.0 Å². The van der Waals surface area contributed by atoms with Gasteiger partial charge in [-0.15, -0.1) is 4.83 Å². The number of rotatable bonds is 5. The van der Waals surface area contributed by atoms with Crippen LogP contribution in [0.3, 0.4) is 0 Å². The Kier molecular flexibility index (Phi) is 5.50. The molecular weight excluding hydrogens is 404 g/mol. The fourth-order valence-corrected chi connectivity index (χ4v) is 3.53. The second kappa shape index (κ2) is 7.70. The molecule has 146 valence electrons. The lowest BCUT2D eigenvalue weighted by Gasteiger charge is -2.14. The Balaban J connectivity index is 1.95. The number of nitrogens with zero attached hydrogens (tertiary/aromatic N) is 2. The quantitative estimate of drug-likeness (QED) is 0.615. The number of aromatic nitrogens is 2. The van der Waals surface area contributed by atoms with Crippen molar-refractivity contribution >= 4 is 38.3 Å². The lowest BCUT2D eigenvalue weighted by atomic mass is 10.1. The number of benzene rings is 2. The van der Waals surface area contributed by atoms with E-state index in [1.54, 1.807) is 38.1 Å². The Bertz CT molecular complexity index is 1200. The van der Waals surface area contributed by atoms with Crippen molar-refractivity contribution in [2.45, 2.75) is 24.8 Å². The fourth-order valence-electron chi connectivity index (χ4n) is 2.57. The van der Waals surface area contributed by atoms with Crippen LogP contribution in [0.4, 0.5) is 0 Å². The van der Waals surface area contributed by atoms with Crippen molar-refractivity contribution in [2.24, 2.45) is 0 Å². The molecule has 0 unspecified atom stereocenters. The summed E-state index contributed by atoms with van der Waals surface area (Å²) in [5.41, 5.74) is 1.75. The van der Waals surface area contributed by atoms with Crippen LogP contribution in [0.25, 0.3) is 10.8 Å². The zero-order valence-corrected chi connectivity index (χ0v) is 16.6. The van der Waals surface area contributed by atoms with E-state index in [9.17, 15) is 18.0 Å². The molecule has 2 aromatic carbocycles. The van der Waals surface area contributed by atoms with Crippen LogP contribution in [0.1, 0.15) is 30.4 Å². The average Bonchev–Trinajstić information content (AvgIpc) is 2.67. The molecule has 0 spiro atoms. The molecule has 0 radical (unpaired) electrons. The molecule has 0 saturated carbocycles. The highest BCUT2D eigenvalue weighted by atomic mass is 35.5. The number of sulfonamides is 1. The summed E-state index contributed by atoms with van der Waals surface area (Å²) < 4.78 is 25.8. The van der Waals surface area contributed by atoms with Crippen molar-refractivity contribution in [3.05, 3.63) is 69.6 Å². The minimum Gasteiger partial charge on any atom is -0.272 e. The van der Waals surface area contributed by atoms with Gasteiger partial charge in [0.05, 0.1) is 16.3 Å². The van der Waals surface area contributed by atoms with Crippen molar-refractivity contribution in [3.8, 4) is 0 Å². The van der Waals surface area contributed by atoms with Crippen LogP contribution >= 0.6 is 11.6 Å². The molecule has 1 aromatic heterocycles. The number of halogens is 1. The smallest absolute Gasteiger partial charge is 0.272 e. The first-order valence-electron chi connectivity index (χ1n) is 8.30. The standard InChI is InChI=1S/C18H17ClN4O4S/c1-11(2)23-18(25)15-6-4-3-5-14(15)16(21-23)17(24)20-22-28(26,27)13-9-7-12(19)8-10-13/h3-11,22H,1-2H3,(H,20,24). The summed E-state index contributed by atoms with van der Waals surface area (Å²) in [5.74, 6) is -0.789. The predicted octanol–water partition coefficient (Wildman–Crippen LogP) is 2.25. The Morgan fingerprint density at radius 1 is 1.07 bits per heavy atom. The van der Waals surface area contributed by atoms with Gasteiger partial charge in [-0.2, -0.15) is 5.10 Å². The number of hydrogen-bond acceptors (Lipinski definition) is 5. The Labute approximate surface area is 166 Å². The largest absolute Gasteiger partial charge is 0.287 e. The van der Waals surface area contributed by atoms with E-state index in [1.165, 1.54) is 28.9 Å². The number of fused-ring (bicyclic) bond motifs is 1. The van der Waals surface area contributed by atoms with Crippen LogP contribution in [0.2, 0.25) is 5.02 Å². The number of carbonyl (C=O) groups excluding carboxylic acids is 1. The van der Waals surface area contributed by atoms with Gasteiger partial charge >= 0.3 is 0 Å². The maximum absolute atomic E-state index is 12.6. The van der Waals surface area contributed by atoms with Gasteiger partial charge in [0, 0.05) is 10.4 Å². The molecule has 0 fully saturated rings. The summed E-state index contributed by atoms with van der Waals surface area (Å²) in [5, 5.41) is 5.15. The summed E-state index contributed by atoms with van der Waals surface area (Å²) in [7, 11) is -4.00. The van der Waals surface area contributed by atoms with Crippen molar-refractivity contribution in [3.63, 3.8) is 0 Å². The first-order chi connectivity index (χ1) is 13.2. The first-order valence-corrected chi connectivity index (χ1v) is 10.2. The fraction of sp³-hybridized carbons (Fsp3) is 0.167. The highest BCUT2D eigenvalue weighted by Gasteiger charge is 2.20. The van der Waals surface area contributed by atoms with Gasteiger partial charge in [0.15, 0.2) is 5.69 Å². The molecule has 1 amide bonds. The number of carbonyl (C=O) groups is 1. The van der Waals surface area contributed by atoms with E-state index in [0.717, 1.165) is 0 Å². The van der Waals surface area contributed by atoms with E-state index in [2.05, 4.69) is 10.5 Å². The van der Waals surface area contributed by atoms with Crippen LogP contribution in [-0.4, -0.2) is 24.1 Å². The molecule has 1 heterocycles. The summed E-state index contributed by atoms with van der Waals surface area (Å²) in [6.45, 7) is 3.52. The van der Waals surface area contributed by atoms with E-state index in [1.807, 2.05) is 4.83 Å². The Hall–Kier alpha value is -2.75. The third-order valence-corrected chi connectivity index (χ3v) is 5.47. The van der Waals surface area contributed by atoms with Crippen molar-refractivity contribution in [1.29, 1.82) is 0 Å². The topological polar surface area (TPSA) is 110 Å². The molecule has 10 heteroatoms. The van der Waals surface area contributed by atoms with Gasteiger partial charge < -0.3 is 0 Å². The minimum atomic E-state index is -4.00. The van der Waals surface area contributed by atoms with Gasteiger partial charge in [0.2, 0.25) is 0 Å². The normalized spacial score (nSPS) is 11.7. The van der Waals surface area contributed by atoms with E-state index in [0.29, 0.717) is 15.8 Å². The lowest BCUT2D eigenvalue weighted by Crippen LogP contribution is -2.42. The summed E-state index contributed by atoms with van der Waals surface area (Å²) in [6, 6.07) is 11.7. The SMILES string of the molecule is CC(C)n1nc(C(=O)NNS(=O)(=O)c2ccc(Cl)cc2)c2ccccc2c1=O. The molecule has 0 aliphatic rings. The van der Waals surface area contributed by atoms with E-state index in [-0.39, 0.29) is 22.2 Å². The average molecular weight is 421 g/mol. The number of amides is 1. The second-order valence-corrected chi connectivity index (χ2v) is 8.37. The molecule has 3 aromatic rings. The highest BCUT2D eigenvalue weighted by Crippen LogP contribution is 2.16. The molecule has 3 rings (SSSR count). The van der Waals surface area contributed by atoms with Crippen LogP contribution in [0, 0.1) is 0 Å². The zero-order valence-electron chi connectivity index (χ0n) is 15.0. The monoisotopic (exact) mass is 420 g/mol. The molecule has 28 heavy (non-hydrogen) atoms. The maximum Gasteiger partial charge on any atom is 0.287 e. The van der Waals surface area contributed by atoms with Crippen molar-refractivity contribution < 1.29 is 13.2 Å². The van der Waals surface area contributed by atoms with E-state index >= 15 is 0 Å². The van der Waals surface area contributed by atoms with Gasteiger partial charge in [-0.05, 0) is 44.2 Å². The van der Waals surface area contributed by atoms with Gasteiger partial charge in [0.25, 0.3) is 21.5 Å². The molecular formula is C18H17ClN4O4S. The number of hydrazine groups is 1. The molecule has 2 N–H and O–H groups in total. The van der Waals surface area contributed by atoms with Crippen LogP contribution < -0.4 is 15.8 Å². The van der Waals surface area contributed by atoms with Gasteiger partial charge in [-0.3, -0.25) is 15.0 Å². The van der Waals surface area contributed by atoms with Crippen LogP contribution in [0.15, 0.2) is 58.2 Å². The van der Waals surface area contributed by atoms with Crippen molar-refractivity contribution in [2.75, 3.05) is 0 Å². The number of nitrogens with one attached hydrogen (secondary N) is 2. The molecule has 0 aliphatic carbocycles. The third-order valence-electron chi connectivity index (χ3n) is 3.96. The molecule has 0 saturated heterocycles. The maximum atomic E-state index is 12.6. The summed E-state index contributed by atoms with van der Waals surface area (Å²) in [4.78, 5) is 27.1. The Morgan fingerprint density at radius 2 is 1.68 bits per heavy atom. The Morgan fingerprint density at radius 3 is 2.29 bits per heavy atom. The summed E-state index contributed by atoms with van der Waals surface area (Å²) >= 11 is 5.76. The van der Waals surface area contributed by atoms with Gasteiger partial charge in [0.1, 0.15) is 0 Å². The number of hydrogen-bond donors (Lipinski definition) is 2. The van der Waals surface area contributed by atoms with Gasteiger partial charge in [-0.1, -0.05) is 29.8 Å². The highest BCUT2D eigenvalue weighted by molar-refractivity contribution is 7.89. The van der Waals surface area contributed by atoms with E-state index in [4.69, 9.17) is 11.6 Å². The molecule has 0 atom stereocenters. The van der Waals surface area contributed by atoms with Crippen molar-refractivity contribution in [1.82, 2.24) is 20.0 Å². The predicted molar refractivity (Wildman–Crippen MR) is 106 cm³/mol. The molecule has 0 aliphatic heterocycles. The third kappa shape index (κ3) is 3.91. The lowest BCUT2D eigenvalue weighted by molar-refractivity contribution is 0.0939. The second-order valence-electron chi connectivity index (χ2n) is 6.25. The zero-order chi connectivity index (χ0) is 20.5. The van der Waals surface area contributed by atoms with Crippen LogP contribution in [0.5, 0.6) is 0 Å². The summed E-state index contributed by atoms with van der Waals surface area (Å²) in [6.07, 6.45) is 0. The first kappa shape index (κ1) is 20.0. The van der Waals surface area contributed by atoms with Gasteiger partial charge in [-0.25, -0.2) is 13.1 Å². The minimum absolute atomic E-state index is 0.0669. The molecule has 8 nitrogen and oxygen atoms in total. The molecule has 0 bridgehead atoms.